The van der Waals surface area contributed by atoms with Crippen LogP contribution in [0.15, 0.2) is 59.5 Å². The molecule has 1 saturated heterocycles. The minimum atomic E-state index is -4.27. The quantitative estimate of drug-likeness (QED) is 0.860. The second-order valence-electron chi connectivity index (χ2n) is 5.93. The fraction of sp³-hybridized carbons (Fsp3) is 0.333. The summed E-state index contributed by atoms with van der Waals surface area (Å²) in [6.07, 6.45) is 0.816. The van der Waals surface area contributed by atoms with E-state index in [9.17, 15) is 18.1 Å². The second kappa shape index (κ2) is 8.39. The van der Waals surface area contributed by atoms with Crippen molar-refractivity contribution in [2.75, 3.05) is 13.1 Å². The van der Waals surface area contributed by atoms with E-state index in [0.717, 1.165) is 31.6 Å². The number of rotatable bonds is 3. The molecule has 1 fully saturated rings. The van der Waals surface area contributed by atoms with Crippen molar-refractivity contribution in [3.63, 3.8) is 0 Å². The molecule has 5 nitrogen and oxygen atoms in total. The molecule has 3 rings (SSSR count). The molecule has 0 radical (unpaired) electrons. The Balaban J connectivity index is 0.000000177. The zero-order valence-electron chi connectivity index (χ0n) is 13.6. The molecule has 1 aliphatic rings. The number of aryl methyl sites for hydroxylation is 1. The van der Waals surface area contributed by atoms with E-state index in [0.29, 0.717) is 0 Å². The first-order chi connectivity index (χ1) is 11.3. The molecule has 0 saturated carbocycles. The highest BCUT2D eigenvalue weighted by Crippen LogP contribution is 2.12. The van der Waals surface area contributed by atoms with Gasteiger partial charge in [-0.2, -0.15) is 0 Å². The van der Waals surface area contributed by atoms with Crippen molar-refractivity contribution in [3.05, 3.63) is 65.7 Å². The minimum Gasteiger partial charge on any atom is -0.744 e. The maximum Gasteiger partial charge on any atom is 0.124 e. The van der Waals surface area contributed by atoms with E-state index in [1.165, 1.54) is 17.7 Å². The van der Waals surface area contributed by atoms with Gasteiger partial charge in [0.05, 0.1) is 11.0 Å². The highest BCUT2D eigenvalue weighted by molar-refractivity contribution is 7.85. The molecule has 2 aromatic rings. The number of benzene rings is 2. The lowest BCUT2D eigenvalue weighted by Gasteiger charge is -2.14. The largest absolute Gasteiger partial charge is 0.744 e. The SMILES string of the molecule is Cc1ccc(S(=O)(=O)[O-])cc1.O[C@H]1CCN(Cc2ccccc2)C1. The Bertz CT molecular complexity index is 729. The van der Waals surface area contributed by atoms with Gasteiger partial charge >= 0.3 is 0 Å². The maximum absolute atomic E-state index is 10.4. The molecule has 0 spiro atoms. The van der Waals surface area contributed by atoms with Crippen LogP contribution in [0.4, 0.5) is 0 Å². The third-order valence-corrected chi connectivity index (χ3v) is 4.66. The Morgan fingerprint density at radius 1 is 1.12 bits per heavy atom. The molecule has 1 aliphatic heterocycles. The molecule has 24 heavy (non-hydrogen) atoms. The summed E-state index contributed by atoms with van der Waals surface area (Å²) in [7, 11) is -4.27. The second-order valence-corrected chi connectivity index (χ2v) is 7.31. The van der Waals surface area contributed by atoms with Gasteiger partial charge in [0.25, 0.3) is 0 Å². The van der Waals surface area contributed by atoms with Crippen molar-refractivity contribution >= 4 is 10.1 Å². The van der Waals surface area contributed by atoms with Gasteiger partial charge in [0, 0.05) is 19.6 Å². The number of likely N-dealkylation sites (tertiary alicyclic amines) is 1. The average Bonchev–Trinajstić information content (AvgIpc) is 2.93. The highest BCUT2D eigenvalue weighted by Gasteiger charge is 2.19. The molecule has 1 heterocycles. The van der Waals surface area contributed by atoms with E-state index in [-0.39, 0.29) is 11.0 Å². The third kappa shape index (κ3) is 6.05. The van der Waals surface area contributed by atoms with Crippen LogP contribution in [-0.4, -0.2) is 42.2 Å². The fourth-order valence-corrected chi connectivity index (χ4v) is 2.97. The average molecular weight is 348 g/mol. The first-order valence-corrected chi connectivity index (χ1v) is 9.22. The number of hydrogen-bond donors (Lipinski definition) is 1. The Morgan fingerprint density at radius 2 is 1.75 bits per heavy atom. The summed E-state index contributed by atoms with van der Waals surface area (Å²) in [5.41, 5.74) is 2.26. The Kier molecular flexibility index (Phi) is 6.51. The number of hydrogen-bond acceptors (Lipinski definition) is 5. The van der Waals surface area contributed by atoms with E-state index in [1.807, 2.05) is 13.0 Å². The van der Waals surface area contributed by atoms with Gasteiger partial charge in [0.1, 0.15) is 10.1 Å². The maximum atomic E-state index is 10.4. The van der Waals surface area contributed by atoms with Crippen molar-refractivity contribution < 1.29 is 18.1 Å². The van der Waals surface area contributed by atoms with Crippen LogP contribution in [0.2, 0.25) is 0 Å². The Hall–Kier alpha value is -1.73. The predicted octanol–water partition coefficient (Wildman–Crippen LogP) is 2.15. The smallest absolute Gasteiger partial charge is 0.124 e. The predicted molar refractivity (Wildman–Crippen MR) is 91.5 cm³/mol. The minimum absolute atomic E-state index is 0.108. The summed E-state index contributed by atoms with van der Waals surface area (Å²) in [5, 5.41) is 9.34. The summed E-state index contributed by atoms with van der Waals surface area (Å²) in [4.78, 5) is 2.11. The molecule has 0 bridgehead atoms. The van der Waals surface area contributed by atoms with Crippen LogP contribution < -0.4 is 0 Å². The Morgan fingerprint density at radius 3 is 2.25 bits per heavy atom. The summed E-state index contributed by atoms with van der Waals surface area (Å²) < 4.78 is 31.2. The summed E-state index contributed by atoms with van der Waals surface area (Å²) in [6, 6.07) is 16.2. The lowest BCUT2D eigenvalue weighted by molar-refractivity contribution is 0.175. The number of aliphatic hydroxyl groups excluding tert-OH is 1. The van der Waals surface area contributed by atoms with Crippen LogP contribution in [0, 0.1) is 6.92 Å². The summed E-state index contributed by atoms with van der Waals surface area (Å²) in [6.45, 7) is 4.64. The van der Waals surface area contributed by atoms with E-state index >= 15 is 0 Å². The van der Waals surface area contributed by atoms with Crippen LogP contribution in [0.3, 0.4) is 0 Å². The van der Waals surface area contributed by atoms with Crippen LogP contribution >= 0.6 is 0 Å². The van der Waals surface area contributed by atoms with E-state index in [1.54, 1.807) is 12.1 Å². The van der Waals surface area contributed by atoms with Crippen molar-refractivity contribution in [2.24, 2.45) is 0 Å². The van der Waals surface area contributed by atoms with Crippen molar-refractivity contribution in [3.8, 4) is 0 Å². The van der Waals surface area contributed by atoms with Gasteiger partial charge in [-0.25, -0.2) is 8.42 Å². The summed E-state index contributed by atoms with van der Waals surface area (Å²) in [5.74, 6) is 0. The molecule has 0 unspecified atom stereocenters. The molecule has 2 aromatic carbocycles. The van der Waals surface area contributed by atoms with Crippen LogP contribution in [0.25, 0.3) is 0 Å². The van der Waals surface area contributed by atoms with E-state index in [4.69, 9.17) is 0 Å². The third-order valence-electron chi connectivity index (χ3n) is 3.81. The normalized spacial score (nSPS) is 18.0. The van der Waals surface area contributed by atoms with Gasteiger partial charge < -0.3 is 9.66 Å². The van der Waals surface area contributed by atoms with E-state index < -0.39 is 10.1 Å². The Labute approximate surface area is 143 Å². The van der Waals surface area contributed by atoms with Crippen LogP contribution in [0.5, 0.6) is 0 Å². The molecule has 1 N–H and O–H groups in total. The van der Waals surface area contributed by atoms with Gasteiger partial charge in [-0.3, -0.25) is 4.90 Å². The lowest BCUT2D eigenvalue weighted by Crippen LogP contribution is -2.21. The van der Waals surface area contributed by atoms with Crippen molar-refractivity contribution in [1.29, 1.82) is 0 Å². The van der Waals surface area contributed by atoms with Crippen molar-refractivity contribution in [1.82, 2.24) is 4.90 Å². The molecular formula is C18H22NO4S-. The van der Waals surface area contributed by atoms with Gasteiger partial charge in [0.2, 0.25) is 0 Å². The number of aliphatic hydroxyl groups is 1. The van der Waals surface area contributed by atoms with E-state index in [2.05, 4.69) is 29.2 Å². The topological polar surface area (TPSA) is 80.7 Å². The molecule has 0 amide bonds. The highest BCUT2D eigenvalue weighted by atomic mass is 32.2. The van der Waals surface area contributed by atoms with Crippen LogP contribution in [-0.2, 0) is 16.7 Å². The molecule has 1 atom stereocenters. The molecule has 130 valence electrons. The first kappa shape index (κ1) is 18.6. The molecule has 0 aliphatic carbocycles. The van der Waals surface area contributed by atoms with Gasteiger partial charge in [0.15, 0.2) is 0 Å². The van der Waals surface area contributed by atoms with Crippen molar-refractivity contribution in [2.45, 2.75) is 30.9 Å². The summed E-state index contributed by atoms with van der Waals surface area (Å²) >= 11 is 0. The first-order valence-electron chi connectivity index (χ1n) is 7.81. The number of β-amino-alcohol motifs (C(OH)–C–C–N with tert-alkyl or cyclic N) is 1. The fourth-order valence-electron chi connectivity index (χ4n) is 2.50. The number of nitrogens with zero attached hydrogens (tertiary/aromatic N) is 1. The van der Waals surface area contributed by atoms with Gasteiger partial charge in [-0.05, 0) is 31.0 Å². The van der Waals surface area contributed by atoms with Gasteiger partial charge in [-0.1, -0.05) is 48.0 Å². The molecular weight excluding hydrogens is 326 g/mol. The zero-order valence-corrected chi connectivity index (χ0v) is 14.4. The van der Waals surface area contributed by atoms with Gasteiger partial charge in [-0.15, -0.1) is 0 Å². The standard InChI is InChI=1S/C11H15NO.C7H8O3S/c13-11-6-7-12(9-11)8-10-4-2-1-3-5-10;1-6-2-4-7(5-3-6)11(8,9)10/h1-5,11,13H,6-9H2;2-5H,1H3,(H,8,9,10)/p-1/t11-;/m0./s1. The lowest BCUT2D eigenvalue weighted by atomic mass is 10.2. The van der Waals surface area contributed by atoms with Crippen LogP contribution in [0.1, 0.15) is 17.5 Å². The monoisotopic (exact) mass is 348 g/mol. The molecule has 6 heteroatoms. The zero-order chi connectivity index (χ0) is 17.6. The molecule has 0 aromatic heterocycles.